The maximum Gasteiger partial charge on any atom is 0.261 e. The standard InChI is InChI=1S/C18H19Cl2NO4/c1-11(25-15-6-4-5-13(19)17(15)20)18(22)21-10-12-7-8-14(23-2)16(9-12)24-3/h4-9,11H,10H2,1-3H3,(H,21,22). The highest BCUT2D eigenvalue weighted by molar-refractivity contribution is 6.42. The Hall–Kier alpha value is -2.11. The second-order valence-electron chi connectivity index (χ2n) is 5.22. The van der Waals surface area contributed by atoms with E-state index in [1.807, 2.05) is 6.07 Å². The Balaban J connectivity index is 1.96. The van der Waals surface area contributed by atoms with Gasteiger partial charge < -0.3 is 19.5 Å². The van der Waals surface area contributed by atoms with E-state index in [0.717, 1.165) is 5.56 Å². The zero-order chi connectivity index (χ0) is 18.4. The SMILES string of the molecule is COc1ccc(CNC(=O)C(C)Oc2cccc(Cl)c2Cl)cc1OC. The third-order valence-electron chi connectivity index (χ3n) is 3.50. The van der Waals surface area contributed by atoms with Crippen molar-refractivity contribution in [2.24, 2.45) is 0 Å². The topological polar surface area (TPSA) is 56.8 Å². The number of hydrogen-bond donors (Lipinski definition) is 1. The van der Waals surface area contributed by atoms with Crippen LogP contribution in [0.1, 0.15) is 12.5 Å². The summed E-state index contributed by atoms with van der Waals surface area (Å²) in [7, 11) is 3.13. The van der Waals surface area contributed by atoms with E-state index >= 15 is 0 Å². The summed E-state index contributed by atoms with van der Waals surface area (Å²) in [5, 5.41) is 3.46. The molecule has 134 valence electrons. The molecular formula is C18H19Cl2NO4. The molecule has 2 aromatic rings. The molecule has 0 heterocycles. The van der Waals surface area contributed by atoms with Crippen LogP contribution in [-0.4, -0.2) is 26.2 Å². The molecule has 0 spiro atoms. The van der Waals surface area contributed by atoms with Crippen molar-refractivity contribution in [3.63, 3.8) is 0 Å². The molecule has 25 heavy (non-hydrogen) atoms. The molecule has 0 saturated heterocycles. The molecule has 5 nitrogen and oxygen atoms in total. The first-order chi connectivity index (χ1) is 12.0. The van der Waals surface area contributed by atoms with Gasteiger partial charge in [0.25, 0.3) is 5.91 Å². The van der Waals surface area contributed by atoms with Gasteiger partial charge in [0, 0.05) is 6.54 Å². The molecule has 7 heteroatoms. The number of rotatable bonds is 7. The first-order valence-corrected chi connectivity index (χ1v) is 8.31. The number of halogens is 2. The van der Waals surface area contributed by atoms with Crippen LogP contribution in [0.3, 0.4) is 0 Å². The summed E-state index contributed by atoms with van der Waals surface area (Å²) in [5.74, 6) is 1.32. The lowest BCUT2D eigenvalue weighted by Crippen LogP contribution is -2.35. The minimum Gasteiger partial charge on any atom is -0.493 e. The fraction of sp³-hybridized carbons (Fsp3) is 0.278. The van der Waals surface area contributed by atoms with Gasteiger partial charge in [-0.05, 0) is 36.8 Å². The number of carbonyl (C=O) groups is 1. The molecule has 0 aliphatic heterocycles. The first-order valence-electron chi connectivity index (χ1n) is 7.55. The molecule has 2 rings (SSSR count). The molecule has 0 saturated carbocycles. The average molecular weight is 384 g/mol. The van der Waals surface area contributed by atoms with E-state index in [4.69, 9.17) is 37.4 Å². The summed E-state index contributed by atoms with van der Waals surface area (Å²) in [6, 6.07) is 10.5. The highest BCUT2D eigenvalue weighted by Gasteiger charge is 2.17. The Bertz CT molecular complexity index is 752. The number of nitrogens with one attached hydrogen (secondary N) is 1. The zero-order valence-corrected chi connectivity index (χ0v) is 15.6. The zero-order valence-electron chi connectivity index (χ0n) is 14.1. The summed E-state index contributed by atoms with van der Waals surface area (Å²) in [6.45, 7) is 1.97. The molecule has 0 fully saturated rings. The third kappa shape index (κ3) is 4.94. The van der Waals surface area contributed by atoms with Crippen molar-refractivity contribution < 1.29 is 19.0 Å². The van der Waals surface area contributed by atoms with Crippen molar-refractivity contribution in [3.8, 4) is 17.2 Å². The van der Waals surface area contributed by atoms with Crippen LogP contribution in [0.2, 0.25) is 10.0 Å². The van der Waals surface area contributed by atoms with Crippen LogP contribution in [0.15, 0.2) is 36.4 Å². The monoisotopic (exact) mass is 383 g/mol. The highest BCUT2D eigenvalue weighted by Crippen LogP contribution is 2.32. The fourth-order valence-corrected chi connectivity index (χ4v) is 2.48. The largest absolute Gasteiger partial charge is 0.493 e. The minimum absolute atomic E-state index is 0.272. The van der Waals surface area contributed by atoms with Crippen LogP contribution in [0.25, 0.3) is 0 Å². The predicted octanol–water partition coefficient (Wildman–Crippen LogP) is 4.09. The third-order valence-corrected chi connectivity index (χ3v) is 4.31. The van der Waals surface area contributed by atoms with Crippen molar-refractivity contribution in [3.05, 3.63) is 52.0 Å². The molecule has 0 radical (unpaired) electrons. The molecule has 2 aromatic carbocycles. The number of amides is 1. The summed E-state index contributed by atoms with van der Waals surface area (Å²) in [5.41, 5.74) is 0.874. The Morgan fingerprint density at radius 1 is 1.08 bits per heavy atom. The molecule has 1 unspecified atom stereocenters. The van der Waals surface area contributed by atoms with E-state index < -0.39 is 6.10 Å². The van der Waals surface area contributed by atoms with Crippen LogP contribution in [0, 0.1) is 0 Å². The van der Waals surface area contributed by atoms with E-state index in [1.165, 1.54) is 0 Å². The summed E-state index contributed by atoms with van der Waals surface area (Å²) in [4.78, 5) is 12.2. The van der Waals surface area contributed by atoms with Crippen LogP contribution in [0.4, 0.5) is 0 Å². The first kappa shape index (κ1) is 19.2. The molecule has 1 N–H and O–H groups in total. The van der Waals surface area contributed by atoms with Crippen LogP contribution in [-0.2, 0) is 11.3 Å². The van der Waals surface area contributed by atoms with Gasteiger partial charge in [-0.25, -0.2) is 0 Å². The molecule has 1 atom stereocenters. The Labute approximate surface area is 156 Å². The van der Waals surface area contributed by atoms with Gasteiger partial charge in [-0.1, -0.05) is 35.3 Å². The Morgan fingerprint density at radius 2 is 1.80 bits per heavy atom. The molecule has 1 amide bonds. The summed E-state index contributed by atoms with van der Waals surface area (Å²) >= 11 is 12.0. The molecular weight excluding hydrogens is 365 g/mol. The van der Waals surface area contributed by atoms with Crippen molar-refractivity contribution in [1.29, 1.82) is 0 Å². The average Bonchev–Trinajstić information content (AvgIpc) is 2.63. The second-order valence-corrected chi connectivity index (χ2v) is 6.00. The fourth-order valence-electron chi connectivity index (χ4n) is 2.14. The van der Waals surface area contributed by atoms with Gasteiger partial charge in [0.2, 0.25) is 0 Å². The van der Waals surface area contributed by atoms with Gasteiger partial charge in [0.05, 0.1) is 19.2 Å². The number of methoxy groups -OCH3 is 2. The van der Waals surface area contributed by atoms with Crippen molar-refractivity contribution >= 4 is 29.1 Å². The van der Waals surface area contributed by atoms with Gasteiger partial charge in [0.1, 0.15) is 10.8 Å². The van der Waals surface area contributed by atoms with Gasteiger partial charge in [-0.2, -0.15) is 0 Å². The lowest BCUT2D eigenvalue weighted by Gasteiger charge is -2.16. The maximum atomic E-state index is 12.2. The smallest absolute Gasteiger partial charge is 0.261 e. The molecule has 0 bridgehead atoms. The van der Waals surface area contributed by atoms with Crippen molar-refractivity contribution in [2.75, 3.05) is 14.2 Å². The Kier molecular flexibility index (Phi) is 6.79. The highest BCUT2D eigenvalue weighted by atomic mass is 35.5. The number of benzene rings is 2. The lowest BCUT2D eigenvalue weighted by molar-refractivity contribution is -0.127. The van der Waals surface area contributed by atoms with Crippen molar-refractivity contribution in [1.82, 2.24) is 5.32 Å². The van der Waals surface area contributed by atoms with Crippen LogP contribution >= 0.6 is 23.2 Å². The second kappa shape index (κ2) is 8.83. The van der Waals surface area contributed by atoms with Gasteiger partial charge in [0.15, 0.2) is 17.6 Å². The molecule has 0 aliphatic rings. The number of ether oxygens (including phenoxy) is 3. The minimum atomic E-state index is -0.726. The lowest BCUT2D eigenvalue weighted by atomic mass is 10.2. The summed E-state index contributed by atoms with van der Waals surface area (Å²) < 4.78 is 16.0. The Morgan fingerprint density at radius 3 is 2.48 bits per heavy atom. The van der Waals surface area contributed by atoms with E-state index in [1.54, 1.807) is 51.5 Å². The molecule has 0 aromatic heterocycles. The van der Waals surface area contributed by atoms with Crippen LogP contribution < -0.4 is 19.5 Å². The van der Waals surface area contributed by atoms with E-state index in [2.05, 4.69) is 5.32 Å². The van der Waals surface area contributed by atoms with E-state index in [-0.39, 0.29) is 10.9 Å². The quantitative estimate of drug-likeness (QED) is 0.781. The number of hydrogen-bond acceptors (Lipinski definition) is 4. The van der Waals surface area contributed by atoms with Gasteiger partial charge in [-0.15, -0.1) is 0 Å². The van der Waals surface area contributed by atoms with E-state index in [0.29, 0.717) is 28.8 Å². The summed E-state index contributed by atoms with van der Waals surface area (Å²) in [6.07, 6.45) is -0.726. The molecule has 0 aliphatic carbocycles. The van der Waals surface area contributed by atoms with Gasteiger partial charge in [-0.3, -0.25) is 4.79 Å². The van der Waals surface area contributed by atoms with Crippen LogP contribution in [0.5, 0.6) is 17.2 Å². The maximum absolute atomic E-state index is 12.2. The predicted molar refractivity (Wildman–Crippen MR) is 97.9 cm³/mol. The van der Waals surface area contributed by atoms with Crippen molar-refractivity contribution in [2.45, 2.75) is 19.6 Å². The van der Waals surface area contributed by atoms with Gasteiger partial charge >= 0.3 is 0 Å². The normalized spacial score (nSPS) is 11.6. The number of carbonyl (C=O) groups excluding carboxylic acids is 1. The van der Waals surface area contributed by atoms with E-state index in [9.17, 15) is 4.79 Å².